The first-order valence-corrected chi connectivity index (χ1v) is 12.7. The number of imide groups is 1. The third kappa shape index (κ3) is 4.85. The Morgan fingerprint density at radius 3 is 2.51 bits per heavy atom. The lowest BCUT2D eigenvalue weighted by molar-refractivity contribution is -0.196. The Morgan fingerprint density at radius 1 is 1.16 bits per heavy atom. The molecule has 0 N–H and O–H groups in total. The minimum absolute atomic E-state index is 0.212. The minimum atomic E-state index is -4.72. The average Bonchev–Trinajstić information content (AvgIpc) is 3.63. The number of aryl methyl sites for hydroxylation is 1. The van der Waals surface area contributed by atoms with Crippen LogP contribution in [-0.2, 0) is 32.9 Å². The summed E-state index contributed by atoms with van der Waals surface area (Å²) >= 11 is 3.39. The summed E-state index contributed by atoms with van der Waals surface area (Å²) in [5, 5.41) is 0. The van der Waals surface area contributed by atoms with Gasteiger partial charge in [0.2, 0.25) is 11.5 Å². The SMILES string of the molecule is O=C1OC2(CCCc3cc(Br)ccc32)C(=O)N1CC(=O)N(Cc1ccc(F)cc1)[C@@H](C1CC1)C(F)(F)F. The second kappa shape index (κ2) is 9.41. The van der Waals surface area contributed by atoms with E-state index in [4.69, 9.17) is 4.74 Å². The van der Waals surface area contributed by atoms with Crippen molar-refractivity contribution in [2.75, 3.05) is 6.54 Å². The van der Waals surface area contributed by atoms with E-state index in [1.54, 1.807) is 12.1 Å². The molecule has 37 heavy (non-hydrogen) atoms. The van der Waals surface area contributed by atoms with Crippen LogP contribution in [0.3, 0.4) is 0 Å². The number of carbonyl (C=O) groups is 3. The van der Waals surface area contributed by atoms with Gasteiger partial charge in [-0.05, 0) is 67.0 Å². The molecule has 1 saturated carbocycles. The maximum atomic E-state index is 14.1. The summed E-state index contributed by atoms with van der Waals surface area (Å²) in [5.74, 6) is -3.13. The number of fused-ring (bicyclic) bond motifs is 2. The largest absolute Gasteiger partial charge is 0.427 e. The van der Waals surface area contributed by atoms with Crippen molar-refractivity contribution in [3.63, 3.8) is 0 Å². The van der Waals surface area contributed by atoms with Crippen LogP contribution < -0.4 is 0 Å². The molecule has 6 nitrogen and oxygen atoms in total. The smallest absolute Gasteiger partial charge is 0.418 e. The van der Waals surface area contributed by atoms with E-state index in [0.29, 0.717) is 46.6 Å². The van der Waals surface area contributed by atoms with Crippen LogP contribution in [0.15, 0.2) is 46.9 Å². The number of ether oxygens (including phenoxy) is 1. The summed E-state index contributed by atoms with van der Waals surface area (Å²) in [5.41, 5.74) is 0.0273. The van der Waals surface area contributed by atoms with Crippen molar-refractivity contribution in [3.05, 3.63) is 69.4 Å². The van der Waals surface area contributed by atoms with Crippen LogP contribution >= 0.6 is 15.9 Å². The van der Waals surface area contributed by atoms with Crippen LogP contribution in [0.4, 0.5) is 22.4 Å². The summed E-state index contributed by atoms with van der Waals surface area (Å²) in [6.07, 6.45) is -3.74. The maximum absolute atomic E-state index is 14.1. The van der Waals surface area contributed by atoms with Gasteiger partial charge in [-0.25, -0.2) is 14.1 Å². The van der Waals surface area contributed by atoms with Crippen molar-refractivity contribution in [2.24, 2.45) is 5.92 Å². The Morgan fingerprint density at radius 2 is 1.86 bits per heavy atom. The summed E-state index contributed by atoms with van der Waals surface area (Å²) in [6.45, 7) is -1.33. The predicted molar refractivity (Wildman–Crippen MR) is 126 cm³/mol. The number of hydrogen-bond acceptors (Lipinski definition) is 4. The van der Waals surface area contributed by atoms with Crippen LogP contribution in [0.25, 0.3) is 0 Å². The first kappa shape index (κ1) is 25.7. The van der Waals surface area contributed by atoms with Gasteiger partial charge >= 0.3 is 12.3 Å². The molecule has 2 aromatic carbocycles. The van der Waals surface area contributed by atoms with Gasteiger partial charge in [-0.2, -0.15) is 13.2 Å². The fraction of sp³-hybridized carbons (Fsp3) is 0.423. The molecule has 0 radical (unpaired) electrons. The molecule has 2 atom stereocenters. The molecule has 1 saturated heterocycles. The average molecular weight is 583 g/mol. The van der Waals surface area contributed by atoms with Crippen LogP contribution in [0.1, 0.15) is 42.4 Å². The van der Waals surface area contributed by atoms with E-state index < -0.39 is 60.6 Å². The zero-order valence-corrected chi connectivity index (χ0v) is 21.1. The summed E-state index contributed by atoms with van der Waals surface area (Å²) in [4.78, 5) is 41.0. The lowest BCUT2D eigenvalue weighted by atomic mass is 9.78. The van der Waals surface area contributed by atoms with Crippen molar-refractivity contribution in [1.29, 1.82) is 0 Å². The molecule has 3 aliphatic rings. The fourth-order valence-electron chi connectivity index (χ4n) is 5.30. The number of halogens is 5. The number of amides is 3. The Balaban J connectivity index is 1.44. The number of hydrogen-bond donors (Lipinski definition) is 0. The van der Waals surface area contributed by atoms with Gasteiger partial charge < -0.3 is 9.64 Å². The molecule has 0 bridgehead atoms. The summed E-state index contributed by atoms with van der Waals surface area (Å²) < 4.78 is 62.1. The molecule has 196 valence electrons. The van der Waals surface area contributed by atoms with E-state index in [1.807, 2.05) is 6.07 Å². The molecule has 2 aromatic rings. The second-order valence-electron chi connectivity index (χ2n) is 9.71. The molecule has 3 amide bonds. The van der Waals surface area contributed by atoms with Crippen molar-refractivity contribution < 1.29 is 36.7 Å². The highest BCUT2D eigenvalue weighted by molar-refractivity contribution is 9.10. The highest BCUT2D eigenvalue weighted by Gasteiger charge is 2.58. The molecule has 0 aromatic heterocycles. The van der Waals surface area contributed by atoms with Crippen LogP contribution in [-0.4, -0.2) is 46.5 Å². The first-order chi connectivity index (χ1) is 17.5. The minimum Gasteiger partial charge on any atom is -0.427 e. The molecule has 2 fully saturated rings. The van der Waals surface area contributed by atoms with Gasteiger partial charge in [0.15, 0.2) is 0 Å². The Kier molecular flexibility index (Phi) is 6.54. The second-order valence-corrected chi connectivity index (χ2v) is 10.6. The summed E-state index contributed by atoms with van der Waals surface area (Å²) in [7, 11) is 0. The maximum Gasteiger partial charge on any atom is 0.418 e. The van der Waals surface area contributed by atoms with Crippen molar-refractivity contribution in [1.82, 2.24) is 9.80 Å². The van der Waals surface area contributed by atoms with Crippen LogP contribution in [0.2, 0.25) is 0 Å². The Labute approximate surface area is 218 Å². The quantitative estimate of drug-likeness (QED) is 0.424. The number of rotatable bonds is 6. The van der Waals surface area contributed by atoms with Crippen LogP contribution in [0, 0.1) is 11.7 Å². The normalized spacial score (nSPS) is 22.1. The van der Waals surface area contributed by atoms with E-state index in [1.165, 1.54) is 12.1 Å². The molecular formula is C26H23BrF4N2O4. The molecule has 5 rings (SSSR count). The number of alkyl halides is 3. The monoisotopic (exact) mass is 582 g/mol. The van der Waals surface area contributed by atoms with Gasteiger partial charge in [-0.1, -0.05) is 34.1 Å². The lowest BCUT2D eigenvalue weighted by Gasteiger charge is -2.34. The standard InChI is InChI=1S/C26H23BrF4N2O4/c27-18-7-10-20-17(12-18)2-1-11-25(20)23(35)33(24(36)37-25)14-21(34)32(13-15-3-8-19(28)9-4-15)22(16-5-6-16)26(29,30)31/h3-4,7-10,12,16,22H,1-2,5-6,11,13-14H2/t22-,25?/m0/s1. The van der Waals surface area contributed by atoms with E-state index in [0.717, 1.165) is 22.2 Å². The molecule has 1 heterocycles. The molecular weight excluding hydrogens is 560 g/mol. The zero-order valence-electron chi connectivity index (χ0n) is 19.6. The summed E-state index contributed by atoms with van der Waals surface area (Å²) in [6, 6.07) is 7.95. The Hall–Kier alpha value is -2.95. The van der Waals surface area contributed by atoms with E-state index in [9.17, 15) is 31.9 Å². The molecule has 11 heteroatoms. The van der Waals surface area contributed by atoms with E-state index in [2.05, 4.69) is 15.9 Å². The van der Waals surface area contributed by atoms with Gasteiger partial charge in [0.1, 0.15) is 18.4 Å². The van der Waals surface area contributed by atoms with Crippen molar-refractivity contribution in [2.45, 2.75) is 56.5 Å². The number of benzene rings is 2. The van der Waals surface area contributed by atoms with Crippen molar-refractivity contribution >= 4 is 33.8 Å². The highest BCUT2D eigenvalue weighted by atomic mass is 79.9. The highest BCUT2D eigenvalue weighted by Crippen LogP contribution is 2.46. The van der Waals surface area contributed by atoms with Crippen LogP contribution in [0.5, 0.6) is 0 Å². The third-order valence-electron chi connectivity index (χ3n) is 7.17. The van der Waals surface area contributed by atoms with E-state index in [-0.39, 0.29) is 6.42 Å². The van der Waals surface area contributed by atoms with Gasteiger partial charge in [0.25, 0.3) is 5.91 Å². The number of carbonyl (C=O) groups excluding carboxylic acids is 3. The number of nitrogens with zero attached hydrogens (tertiary/aromatic N) is 2. The molecule has 1 spiro atoms. The van der Waals surface area contributed by atoms with Gasteiger partial charge in [0.05, 0.1) is 0 Å². The van der Waals surface area contributed by atoms with E-state index >= 15 is 0 Å². The first-order valence-electron chi connectivity index (χ1n) is 11.9. The van der Waals surface area contributed by atoms with Gasteiger partial charge in [-0.3, -0.25) is 9.59 Å². The van der Waals surface area contributed by atoms with Gasteiger partial charge in [-0.15, -0.1) is 0 Å². The molecule has 1 aliphatic heterocycles. The molecule has 1 unspecified atom stereocenters. The Bertz CT molecular complexity index is 1250. The lowest BCUT2D eigenvalue weighted by Crippen LogP contribution is -2.53. The zero-order chi connectivity index (χ0) is 26.5. The fourth-order valence-corrected chi connectivity index (χ4v) is 5.71. The topological polar surface area (TPSA) is 66.9 Å². The third-order valence-corrected chi connectivity index (χ3v) is 7.66. The predicted octanol–water partition coefficient (Wildman–Crippen LogP) is 5.47. The van der Waals surface area contributed by atoms with Gasteiger partial charge in [0, 0.05) is 23.0 Å². The molecule has 2 aliphatic carbocycles. The van der Waals surface area contributed by atoms with Crippen molar-refractivity contribution in [3.8, 4) is 0 Å².